The Morgan fingerprint density at radius 2 is 2.11 bits per heavy atom. The van der Waals surface area contributed by atoms with Crippen molar-refractivity contribution in [1.29, 1.82) is 0 Å². The number of hydrogen-bond acceptors (Lipinski definition) is 3. The van der Waals surface area contributed by atoms with Crippen LogP contribution in [0.3, 0.4) is 0 Å². The molecule has 1 aromatic carbocycles. The van der Waals surface area contributed by atoms with Crippen LogP contribution in [0.5, 0.6) is 0 Å². The number of halogens is 1. The van der Waals surface area contributed by atoms with Crippen LogP contribution in [0, 0.1) is 5.82 Å². The molecule has 0 bridgehead atoms. The highest BCUT2D eigenvalue weighted by Crippen LogP contribution is 2.26. The van der Waals surface area contributed by atoms with Crippen molar-refractivity contribution in [1.82, 2.24) is 4.90 Å². The van der Waals surface area contributed by atoms with Gasteiger partial charge in [0.05, 0.1) is 11.3 Å². The Morgan fingerprint density at radius 1 is 1.44 bits per heavy atom. The van der Waals surface area contributed by atoms with Crippen molar-refractivity contribution in [3.8, 4) is 0 Å². The molecule has 1 aromatic rings. The van der Waals surface area contributed by atoms with Crippen molar-refractivity contribution in [3.05, 3.63) is 29.6 Å². The lowest BCUT2D eigenvalue weighted by molar-refractivity contribution is 0.0735. The largest absolute Gasteiger partial charge is 0.339 e. The highest BCUT2D eigenvalue weighted by Gasteiger charge is 2.26. The fourth-order valence-electron chi connectivity index (χ4n) is 2.50. The van der Waals surface area contributed by atoms with Crippen LogP contribution in [0.1, 0.15) is 36.0 Å². The predicted molar refractivity (Wildman–Crippen MR) is 68.6 cm³/mol. The van der Waals surface area contributed by atoms with Gasteiger partial charge in [0.25, 0.3) is 5.91 Å². The molecule has 0 radical (unpaired) electrons. The quantitative estimate of drug-likeness (QED) is 0.639. The van der Waals surface area contributed by atoms with Crippen LogP contribution in [-0.4, -0.2) is 23.9 Å². The van der Waals surface area contributed by atoms with Crippen molar-refractivity contribution < 1.29 is 9.18 Å². The molecule has 98 valence electrons. The molecule has 1 fully saturated rings. The van der Waals surface area contributed by atoms with Gasteiger partial charge in [-0.05, 0) is 25.0 Å². The third kappa shape index (κ3) is 2.31. The highest BCUT2D eigenvalue weighted by molar-refractivity contribution is 5.99. The third-order valence-electron chi connectivity index (χ3n) is 3.58. The summed E-state index contributed by atoms with van der Waals surface area (Å²) >= 11 is 0. The molecule has 3 N–H and O–H groups in total. The van der Waals surface area contributed by atoms with Crippen LogP contribution < -0.4 is 11.3 Å². The number of rotatable bonds is 3. The van der Waals surface area contributed by atoms with Gasteiger partial charge >= 0.3 is 0 Å². The predicted octanol–water partition coefficient (Wildman–Crippen LogP) is 2.13. The van der Waals surface area contributed by atoms with E-state index in [1.807, 2.05) is 0 Å². The lowest BCUT2D eigenvalue weighted by atomic mass is 10.1. The first-order valence-corrected chi connectivity index (χ1v) is 6.17. The molecule has 0 atom stereocenters. The number of nitrogen functional groups attached to an aromatic ring is 1. The third-order valence-corrected chi connectivity index (χ3v) is 3.58. The zero-order valence-corrected chi connectivity index (χ0v) is 10.4. The maximum Gasteiger partial charge on any atom is 0.256 e. The van der Waals surface area contributed by atoms with Gasteiger partial charge in [0.15, 0.2) is 0 Å². The van der Waals surface area contributed by atoms with E-state index in [0.717, 1.165) is 25.7 Å². The lowest BCUT2D eigenvalue weighted by Crippen LogP contribution is -2.35. The van der Waals surface area contributed by atoms with Crippen LogP contribution >= 0.6 is 0 Å². The summed E-state index contributed by atoms with van der Waals surface area (Å²) in [5.41, 5.74) is 2.61. The molecule has 1 aliphatic carbocycles. The molecule has 1 aliphatic rings. The first-order chi connectivity index (χ1) is 8.65. The summed E-state index contributed by atoms with van der Waals surface area (Å²) < 4.78 is 13.5. The van der Waals surface area contributed by atoms with Gasteiger partial charge in [-0.1, -0.05) is 18.9 Å². The number of hydrazine groups is 1. The van der Waals surface area contributed by atoms with E-state index in [-0.39, 0.29) is 23.2 Å². The Bertz CT molecular complexity index is 444. The van der Waals surface area contributed by atoms with Crippen LogP contribution in [0.15, 0.2) is 18.2 Å². The SMILES string of the molecule is CN(C(=O)c1cccc(F)c1NN)C1CCCC1. The van der Waals surface area contributed by atoms with Gasteiger partial charge in [-0.3, -0.25) is 10.6 Å². The minimum Gasteiger partial charge on any atom is -0.339 e. The molecule has 18 heavy (non-hydrogen) atoms. The van der Waals surface area contributed by atoms with E-state index in [9.17, 15) is 9.18 Å². The van der Waals surface area contributed by atoms with Crippen LogP contribution in [0.2, 0.25) is 0 Å². The average molecular weight is 251 g/mol. The van der Waals surface area contributed by atoms with Gasteiger partial charge in [0, 0.05) is 13.1 Å². The fraction of sp³-hybridized carbons (Fsp3) is 0.462. The summed E-state index contributed by atoms with van der Waals surface area (Å²) in [5, 5.41) is 0. The molecule has 5 heteroatoms. The van der Waals surface area contributed by atoms with Crippen LogP contribution in [0.4, 0.5) is 10.1 Å². The number of para-hydroxylation sites is 1. The minimum atomic E-state index is -0.511. The Balaban J connectivity index is 2.25. The number of amides is 1. The average Bonchev–Trinajstić information content (AvgIpc) is 2.90. The number of nitrogens with zero attached hydrogens (tertiary/aromatic N) is 1. The summed E-state index contributed by atoms with van der Waals surface area (Å²) in [4.78, 5) is 14.0. The van der Waals surface area contributed by atoms with Gasteiger partial charge in [-0.25, -0.2) is 4.39 Å². The second-order valence-corrected chi connectivity index (χ2v) is 4.66. The second kappa shape index (κ2) is 5.35. The molecule has 0 saturated heterocycles. The molecule has 0 heterocycles. The smallest absolute Gasteiger partial charge is 0.256 e. The first-order valence-electron chi connectivity index (χ1n) is 6.17. The van der Waals surface area contributed by atoms with Gasteiger partial charge < -0.3 is 10.3 Å². The molecule has 0 spiro atoms. The summed E-state index contributed by atoms with van der Waals surface area (Å²) in [6.07, 6.45) is 4.33. The zero-order chi connectivity index (χ0) is 13.1. The molecule has 1 amide bonds. The van der Waals surface area contributed by atoms with E-state index in [1.165, 1.54) is 12.1 Å². The lowest BCUT2D eigenvalue weighted by Gasteiger charge is -2.25. The van der Waals surface area contributed by atoms with Crippen molar-refractivity contribution in [2.75, 3.05) is 12.5 Å². The van der Waals surface area contributed by atoms with Crippen molar-refractivity contribution in [2.24, 2.45) is 5.84 Å². The van der Waals surface area contributed by atoms with E-state index in [0.29, 0.717) is 0 Å². The molecule has 0 unspecified atom stereocenters. The number of hydrogen-bond donors (Lipinski definition) is 2. The molecular weight excluding hydrogens is 233 g/mol. The monoisotopic (exact) mass is 251 g/mol. The van der Waals surface area contributed by atoms with E-state index in [2.05, 4.69) is 5.43 Å². The summed E-state index contributed by atoms with van der Waals surface area (Å²) in [6, 6.07) is 4.64. The molecule has 0 aromatic heterocycles. The molecule has 0 aliphatic heterocycles. The van der Waals surface area contributed by atoms with E-state index in [1.54, 1.807) is 18.0 Å². The number of anilines is 1. The Hall–Kier alpha value is -1.62. The number of nitrogens with one attached hydrogen (secondary N) is 1. The number of carbonyl (C=O) groups excluding carboxylic acids is 1. The van der Waals surface area contributed by atoms with Gasteiger partial charge in [0.2, 0.25) is 0 Å². The van der Waals surface area contributed by atoms with Gasteiger partial charge in [0.1, 0.15) is 5.82 Å². The van der Waals surface area contributed by atoms with E-state index >= 15 is 0 Å². The maximum atomic E-state index is 13.5. The second-order valence-electron chi connectivity index (χ2n) is 4.66. The van der Waals surface area contributed by atoms with Crippen molar-refractivity contribution >= 4 is 11.6 Å². The number of benzene rings is 1. The Morgan fingerprint density at radius 3 is 2.72 bits per heavy atom. The number of nitrogens with two attached hydrogens (primary N) is 1. The zero-order valence-electron chi connectivity index (χ0n) is 10.4. The first kappa shape index (κ1) is 12.8. The Kier molecular flexibility index (Phi) is 3.81. The minimum absolute atomic E-state index is 0.0624. The normalized spacial score (nSPS) is 15.7. The maximum absolute atomic E-state index is 13.5. The van der Waals surface area contributed by atoms with E-state index in [4.69, 9.17) is 5.84 Å². The topological polar surface area (TPSA) is 58.4 Å². The van der Waals surface area contributed by atoms with Gasteiger partial charge in [-0.15, -0.1) is 0 Å². The highest BCUT2D eigenvalue weighted by atomic mass is 19.1. The van der Waals surface area contributed by atoms with E-state index < -0.39 is 5.82 Å². The molecule has 4 nitrogen and oxygen atoms in total. The van der Waals surface area contributed by atoms with Crippen molar-refractivity contribution in [2.45, 2.75) is 31.7 Å². The molecular formula is C13H18FN3O. The molecule has 2 rings (SSSR count). The molecule has 1 saturated carbocycles. The summed E-state index contributed by atoms with van der Waals surface area (Å²) in [6.45, 7) is 0. The Labute approximate surface area is 106 Å². The summed E-state index contributed by atoms with van der Waals surface area (Å²) in [5.74, 6) is 4.59. The van der Waals surface area contributed by atoms with Crippen molar-refractivity contribution in [3.63, 3.8) is 0 Å². The summed E-state index contributed by atoms with van der Waals surface area (Å²) in [7, 11) is 1.77. The van der Waals surface area contributed by atoms with Crippen LogP contribution in [0.25, 0.3) is 0 Å². The van der Waals surface area contributed by atoms with Gasteiger partial charge in [-0.2, -0.15) is 0 Å². The fourth-order valence-corrected chi connectivity index (χ4v) is 2.50. The number of carbonyl (C=O) groups is 1. The van der Waals surface area contributed by atoms with Crippen LogP contribution in [-0.2, 0) is 0 Å². The standard InChI is InChI=1S/C13H18FN3O/c1-17(9-5-2-3-6-9)13(18)10-7-4-8-11(14)12(10)16-15/h4,7-9,16H,2-3,5-6,15H2,1H3.